The third kappa shape index (κ3) is 2.59. The molecule has 0 bridgehead atoms. The van der Waals surface area contributed by atoms with Gasteiger partial charge < -0.3 is 14.6 Å². The lowest BCUT2D eigenvalue weighted by molar-refractivity contribution is 0.0830. The van der Waals surface area contributed by atoms with Crippen LogP contribution in [0.4, 0.5) is 0 Å². The molecule has 21 heavy (non-hydrogen) atoms. The van der Waals surface area contributed by atoms with E-state index in [1.54, 1.807) is 0 Å². The van der Waals surface area contributed by atoms with Gasteiger partial charge in [0, 0.05) is 25.7 Å². The zero-order chi connectivity index (χ0) is 14.1. The van der Waals surface area contributed by atoms with E-state index < -0.39 is 0 Å². The zero-order valence-electron chi connectivity index (χ0n) is 11.9. The van der Waals surface area contributed by atoms with Gasteiger partial charge in [0.25, 0.3) is 0 Å². The smallest absolute Gasteiger partial charge is 0.244 e. The third-order valence-corrected chi connectivity index (χ3v) is 4.42. The van der Waals surface area contributed by atoms with Crippen molar-refractivity contribution in [1.82, 2.24) is 15.5 Å². The molecule has 1 atom stereocenters. The van der Waals surface area contributed by atoms with Crippen molar-refractivity contribution in [2.75, 3.05) is 13.2 Å². The molecule has 1 unspecified atom stereocenters. The first-order valence-corrected chi connectivity index (χ1v) is 7.61. The molecule has 0 spiro atoms. The Labute approximate surface area is 123 Å². The predicted molar refractivity (Wildman–Crippen MR) is 76.8 cm³/mol. The average molecular weight is 285 g/mol. The van der Waals surface area contributed by atoms with Gasteiger partial charge in [0.05, 0.1) is 6.04 Å². The van der Waals surface area contributed by atoms with Crippen LogP contribution in [-0.2, 0) is 17.7 Å². The lowest BCUT2D eigenvalue weighted by Gasteiger charge is -2.23. The van der Waals surface area contributed by atoms with Crippen molar-refractivity contribution in [2.45, 2.75) is 37.8 Å². The Morgan fingerprint density at radius 1 is 1.10 bits per heavy atom. The first-order chi connectivity index (χ1) is 10.4. The van der Waals surface area contributed by atoms with Gasteiger partial charge >= 0.3 is 0 Å². The Morgan fingerprint density at radius 3 is 2.76 bits per heavy atom. The molecule has 0 amide bonds. The fraction of sp³-hybridized carbons (Fsp3) is 0.500. The number of benzene rings is 1. The highest BCUT2D eigenvalue weighted by molar-refractivity contribution is 5.30. The van der Waals surface area contributed by atoms with E-state index in [-0.39, 0.29) is 6.04 Å². The number of hydrogen-bond acceptors (Lipinski definition) is 5. The van der Waals surface area contributed by atoms with E-state index in [2.05, 4.69) is 39.7 Å². The normalized spacial score (nSPS) is 23.0. The molecular weight excluding hydrogens is 266 g/mol. The number of nitrogens with zero attached hydrogens (tertiary/aromatic N) is 2. The molecule has 0 radical (unpaired) electrons. The number of fused-ring (bicyclic) bond motifs is 1. The first kappa shape index (κ1) is 13.0. The summed E-state index contributed by atoms with van der Waals surface area (Å²) >= 11 is 0. The fourth-order valence-corrected chi connectivity index (χ4v) is 3.14. The maximum absolute atomic E-state index is 5.51. The molecule has 1 saturated heterocycles. The molecule has 2 aromatic rings. The van der Waals surface area contributed by atoms with E-state index in [1.807, 2.05) is 0 Å². The summed E-state index contributed by atoms with van der Waals surface area (Å²) in [4.78, 5) is 4.63. The topological polar surface area (TPSA) is 60.2 Å². The SMILES string of the molecule is c1ccc2c(c1)CNC(c1nc(C3CCOCC3)no1)C2. The summed E-state index contributed by atoms with van der Waals surface area (Å²) in [5, 5.41) is 7.68. The van der Waals surface area contributed by atoms with Gasteiger partial charge in [-0.3, -0.25) is 0 Å². The molecule has 0 aliphatic carbocycles. The van der Waals surface area contributed by atoms with Gasteiger partial charge in [-0.2, -0.15) is 4.98 Å². The van der Waals surface area contributed by atoms with Crippen molar-refractivity contribution >= 4 is 0 Å². The lowest BCUT2D eigenvalue weighted by Crippen LogP contribution is -2.28. The Morgan fingerprint density at radius 2 is 1.90 bits per heavy atom. The van der Waals surface area contributed by atoms with E-state index in [0.717, 1.165) is 44.8 Å². The molecular formula is C16H19N3O2. The standard InChI is InChI=1S/C16H19N3O2/c1-2-4-13-10-17-14(9-12(13)3-1)16-18-15(19-21-16)11-5-7-20-8-6-11/h1-4,11,14,17H,5-10H2. The van der Waals surface area contributed by atoms with Crippen LogP contribution in [0.1, 0.15) is 47.6 Å². The van der Waals surface area contributed by atoms with Crippen LogP contribution in [0.25, 0.3) is 0 Å². The zero-order valence-corrected chi connectivity index (χ0v) is 11.9. The summed E-state index contributed by atoms with van der Waals surface area (Å²) < 4.78 is 10.9. The van der Waals surface area contributed by atoms with Crippen LogP contribution in [0.15, 0.2) is 28.8 Å². The largest absolute Gasteiger partial charge is 0.381 e. The van der Waals surface area contributed by atoms with Crippen molar-refractivity contribution in [3.63, 3.8) is 0 Å². The first-order valence-electron chi connectivity index (χ1n) is 7.61. The molecule has 4 rings (SSSR count). The number of nitrogens with one attached hydrogen (secondary N) is 1. The summed E-state index contributed by atoms with van der Waals surface area (Å²) in [7, 11) is 0. The van der Waals surface area contributed by atoms with Crippen LogP contribution in [0.3, 0.4) is 0 Å². The Balaban J connectivity index is 1.51. The van der Waals surface area contributed by atoms with Crippen LogP contribution in [0, 0.1) is 0 Å². The predicted octanol–water partition coefficient (Wildman–Crippen LogP) is 2.35. The summed E-state index contributed by atoms with van der Waals surface area (Å²) in [6, 6.07) is 8.64. The minimum atomic E-state index is 0.126. The van der Waals surface area contributed by atoms with Gasteiger partial charge in [-0.05, 0) is 30.4 Å². The summed E-state index contributed by atoms with van der Waals surface area (Å²) in [6.07, 6.45) is 2.88. The molecule has 2 aliphatic heterocycles. The Kier molecular flexibility index (Phi) is 3.45. The van der Waals surface area contributed by atoms with E-state index in [1.165, 1.54) is 11.1 Å². The van der Waals surface area contributed by atoms with Crippen LogP contribution in [0.2, 0.25) is 0 Å². The number of rotatable bonds is 2. The van der Waals surface area contributed by atoms with Gasteiger partial charge in [-0.25, -0.2) is 0 Å². The summed E-state index contributed by atoms with van der Waals surface area (Å²) in [5.74, 6) is 1.94. The molecule has 1 N–H and O–H groups in total. The van der Waals surface area contributed by atoms with Crippen LogP contribution < -0.4 is 5.32 Å². The van der Waals surface area contributed by atoms with E-state index in [9.17, 15) is 0 Å². The molecule has 5 heteroatoms. The summed E-state index contributed by atoms with van der Waals surface area (Å²) in [6.45, 7) is 2.45. The highest BCUT2D eigenvalue weighted by Gasteiger charge is 2.27. The van der Waals surface area contributed by atoms with Gasteiger partial charge in [0.15, 0.2) is 5.82 Å². The van der Waals surface area contributed by atoms with Gasteiger partial charge in [0.1, 0.15) is 0 Å². The lowest BCUT2D eigenvalue weighted by atomic mass is 9.96. The molecule has 2 aliphatic rings. The molecule has 3 heterocycles. The molecule has 110 valence electrons. The summed E-state index contributed by atoms with van der Waals surface area (Å²) in [5.41, 5.74) is 2.73. The third-order valence-electron chi connectivity index (χ3n) is 4.42. The maximum atomic E-state index is 5.51. The number of aromatic nitrogens is 2. The van der Waals surface area contributed by atoms with Gasteiger partial charge in [-0.15, -0.1) is 0 Å². The van der Waals surface area contributed by atoms with E-state index in [4.69, 9.17) is 9.26 Å². The quantitative estimate of drug-likeness (QED) is 0.917. The van der Waals surface area contributed by atoms with Crippen molar-refractivity contribution in [3.05, 3.63) is 47.1 Å². The monoisotopic (exact) mass is 285 g/mol. The van der Waals surface area contributed by atoms with E-state index >= 15 is 0 Å². The number of hydrogen-bond donors (Lipinski definition) is 1. The Hall–Kier alpha value is -1.72. The average Bonchev–Trinajstić information content (AvgIpc) is 3.05. The molecule has 1 aromatic heterocycles. The second-order valence-electron chi connectivity index (χ2n) is 5.78. The maximum Gasteiger partial charge on any atom is 0.244 e. The molecule has 1 fully saturated rings. The van der Waals surface area contributed by atoms with Crippen molar-refractivity contribution in [3.8, 4) is 0 Å². The van der Waals surface area contributed by atoms with E-state index in [0.29, 0.717) is 11.8 Å². The fourth-order valence-electron chi connectivity index (χ4n) is 3.14. The molecule has 1 aromatic carbocycles. The van der Waals surface area contributed by atoms with Crippen molar-refractivity contribution < 1.29 is 9.26 Å². The van der Waals surface area contributed by atoms with Gasteiger partial charge in [0.2, 0.25) is 5.89 Å². The van der Waals surface area contributed by atoms with Crippen LogP contribution in [-0.4, -0.2) is 23.4 Å². The minimum absolute atomic E-state index is 0.126. The second kappa shape index (κ2) is 5.58. The Bertz CT molecular complexity index is 619. The number of ether oxygens (including phenoxy) is 1. The van der Waals surface area contributed by atoms with Crippen molar-refractivity contribution in [1.29, 1.82) is 0 Å². The highest BCUT2D eigenvalue weighted by atomic mass is 16.5. The van der Waals surface area contributed by atoms with Crippen LogP contribution in [0.5, 0.6) is 0 Å². The molecule has 5 nitrogen and oxygen atoms in total. The molecule has 0 saturated carbocycles. The highest BCUT2D eigenvalue weighted by Crippen LogP contribution is 2.28. The van der Waals surface area contributed by atoms with Crippen molar-refractivity contribution in [2.24, 2.45) is 0 Å². The van der Waals surface area contributed by atoms with Gasteiger partial charge in [-0.1, -0.05) is 29.4 Å². The second-order valence-corrected chi connectivity index (χ2v) is 5.78. The minimum Gasteiger partial charge on any atom is -0.381 e. The van der Waals surface area contributed by atoms with Crippen LogP contribution >= 0.6 is 0 Å².